The molecule has 2 atom stereocenters. The zero-order valence-electron chi connectivity index (χ0n) is 12.1. The van der Waals surface area contributed by atoms with E-state index in [2.05, 4.69) is 11.8 Å². The van der Waals surface area contributed by atoms with Crippen LogP contribution >= 0.6 is 0 Å². The maximum atomic E-state index is 9.27. The Morgan fingerprint density at radius 1 is 1.32 bits per heavy atom. The fourth-order valence-electron chi connectivity index (χ4n) is 2.78. The van der Waals surface area contributed by atoms with Crippen LogP contribution in [-0.2, 0) is 0 Å². The lowest BCUT2D eigenvalue weighted by Gasteiger charge is -2.30. The smallest absolute Gasteiger partial charge is 0.427 e. The summed E-state index contributed by atoms with van der Waals surface area (Å²) in [6.45, 7) is 4.32. The van der Waals surface area contributed by atoms with Gasteiger partial charge in [0.25, 0.3) is 0 Å². The van der Waals surface area contributed by atoms with Gasteiger partial charge in [-0.05, 0) is 45.5 Å². The van der Waals surface area contributed by atoms with Gasteiger partial charge in [0.2, 0.25) is 0 Å². The fourth-order valence-corrected chi connectivity index (χ4v) is 2.78. The molecule has 19 heavy (non-hydrogen) atoms. The van der Waals surface area contributed by atoms with Gasteiger partial charge in [0, 0.05) is 18.1 Å². The standard InChI is InChI=1S/C13H29BN2O3/c1-13(15,6-2-3-8-14(18)19)7-10-16-9-4-5-12(16)11-17/h12,17-19H,2-11,15H2,1H3/t12-,13+/m0/s1. The highest BCUT2D eigenvalue weighted by Gasteiger charge is 2.26. The summed E-state index contributed by atoms with van der Waals surface area (Å²) in [6.07, 6.45) is 6.23. The minimum absolute atomic E-state index is 0.205. The third kappa shape index (κ3) is 6.72. The van der Waals surface area contributed by atoms with Crippen molar-refractivity contribution in [2.75, 3.05) is 19.7 Å². The molecule has 1 rings (SSSR count). The van der Waals surface area contributed by atoms with E-state index in [9.17, 15) is 5.11 Å². The monoisotopic (exact) mass is 272 g/mol. The molecule has 1 heterocycles. The second kappa shape index (κ2) is 8.22. The Hall–Kier alpha value is -0.135. The predicted molar refractivity (Wildman–Crippen MR) is 77.7 cm³/mol. The molecule has 1 aliphatic heterocycles. The average molecular weight is 272 g/mol. The summed E-state index contributed by atoms with van der Waals surface area (Å²) in [5.41, 5.74) is 6.08. The van der Waals surface area contributed by atoms with Crippen molar-refractivity contribution in [2.24, 2.45) is 5.73 Å². The number of rotatable bonds is 9. The quantitative estimate of drug-likeness (QED) is 0.355. The molecule has 1 fully saturated rings. The molecule has 0 aromatic rings. The number of aliphatic hydroxyl groups is 1. The van der Waals surface area contributed by atoms with Gasteiger partial charge < -0.3 is 20.9 Å². The molecule has 0 saturated carbocycles. The molecule has 112 valence electrons. The van der Waals surface area contributed by atoms with Crippen LogP contribution in [0.15, 0.2) is 0 Å². The van der Waals surface area contributed by atoms with Gasteiger partial charge in [-0.15, -0.1) is 0 Å². The second-order valence-electron chi connectivity index (χ2n) is 6.15. The maximum absolute atomic E-state index is 9.27. The van der Waals surface area contributed by atoms with E-state index in [1.165, 1.54) is 6.42 Å². The Balaban J connectivity index is 2.18. The molecule has 6 heteroatoms. The molecule has 0 aromatic carbocycles. The Kier molecular flexibility index (Phi) is 7.32. The van der Waals surface area contributed by atoms with Crippen molar-refractivity contribution < 1.29 is 15.2 Å². The van der Waals surface area contributed by atoms with Gasteiger partial charge in [0.05, 0.1) is 6.61 Å². The number of likely N-dealkylation sites (tertiary alicyclic amines) is 1. The highest BCUT2D eigenvalue weighted by molar-refractivity contribution is 6.40. The number of nitrogens with two attached hydrogens (primary N) is 1. The second-order valence-corrected chi connectivity index (χ2v) is 6.15. The minimum atomic E-state index is -1.20. The van der Waals surface area contributed by atoms with E-state index in [1.54, 1.807) is 0 Å². The molecule has 0 unspecified atom stereocenters. The zero-order valence-corrected chi connectivity index (χ0v) is 12.1. The lowest BCUT2D eigenvalue weighted by Crippen LogP contribution is -2.42. The van der Waals surface area contributed by atoms with E-state index < -0.39 is 7.12 Å². The molecule has 0 aliphatic carbocycles. The van der Waals surface area contributed by atoms with E-state index >= 15 is 0 Å². The third-order valence-corrected chi connectivity index (χ3v) is 4.14. The predicted octanol–water partition coefficient (Wildman–Crippen LogP) is 0.194. The molecular weight excluding hydrogens is 243 g/mol. The first-order valence-electron chi connectivity index (χ1n) is 7.44. The largest absolute Gasteiger partial charge is 0.451 e. The molecule has 0 radical (unpaired) electrons. The van der Waals surface area contributed by atoms with Crippen LogP contribution in [0, 0.1) is 0 Å². The van der Waals surface area contributed by atoms with E-state index in [-0.39, 0.29) is 12.1 Å². The summed E-state index contributed by atoms with van der Waals surface area (Å²) in [5, 5.41) is 26.8. The van der Waals surface area contributed by atoms with Crippen LogP contribution in [0.4, 0.5) is 0 Å². The molecule has 5 N–H and O–H groups in total. The van der Waals surface area contributed by atoms with Crippen LogP contribution in [0.3, 0.4) is 0 Å². The van der Waals surface area contributed by atoms with Crippen molar-refractivity contribution >= 4 is 7.12 Å². The van der Waals surface area contributed by atoms with Crippen LogP contribution in [0.2, 0.25) is 6.32 Å². The lowest BCUT2D eigenvalue weighted by atomic mass is 9.82. The molecule has 0 spiro atoms. The van der Waals surface area contributed by atoms with Crippen molar-refractivity contribution in [2.45, 2.75) is 63.3 Å². The van der Waals surface area contributed by atoms with Gasteiger partial charge in [-0.1, -0.05) is 12.8 Å². The highest BCUT2D eigenvalue weighted by Crippen LogP contribution is 2.21. The topological polar surface area (TPSA) is 90.0 Å². The van der Waals surface area contributed by atoms with Crippen LogP contribution < -0.4 is 5.73 Å². The Bertz CT molecular complexity index is 252. The first-order chi connectivity index (χ1) is 8.94. The number of nitrogens with zero attached hydrogens (tertiary/aromatic N) is 1. The Labute approximate surface area is 116 Å². The maximum Gasteiger partial charge on any atom is 0.451 e. The molecule has 0 aromatic heterocycles. The third-order valence-electron chi connectivity index (χ3n) is 4.14. The van der Waals surface area contributed by atoms with Crippen molar-refractivity contribution in [3.63, 3.8) is 0 Å². The SMILES string of the molecule is C[C@@](N)(CCCCB(O)O)CCN1CCC[C@H]1CO. The zero-order chi connectivity index (χ0) is 14.3. The van der Waals surface area contributed by atoms with Gasteiger partial charge in [0.1, 0.15) is 0 Å². The van der Waals surface area contributed by atoms with E-state index in [4.69, 9.17) is 15.8 Å². The molecular formula is C13H29BN2O3. The Morgan fingerprint density at radius 3 is 2.68 bits per heavy atom. The summed E-state index contributed by atoms with van der Waals surface area (Å²) in [6, 6.07) is 0.320. The molecule has 1 aliphatic rings. The van der Waals surface area contributed by atoms with E-state index in [1.807, 2.05) is 0 Å². The van der Waals surface area contributed by atoms with Crippen LogP contribution in [0.1, 0.15) is 45.4 Å². The number of aliphatic hydroxyl groups excluding tert-OH is 1. The number of hydrogen-bond donors (Lipinski definition) is 4. The van der Waals surface area contributed by atoms with E-state index in [0.717, 1.165) is 45.2 Å². The summed E-state index contributed by atoms with van der Waals surface area (Å²) in [7, 11) is -1.20. The number of unbranched alkanes of at least 4 members (excludes halogenated alkanes) is 1. The average Bonchev–Trinajstić information content (AvgIpc) is 2.79. The van der Waals surface area contributed by atoms with Crippen LogP contribution in [0.25, 0.3) is 0 Å². The molecule has 0 bridgehead atoms. The summed E-state index contributed by atoms with van der Waals surface area (Å²) >= 11 is 0. The van der Waals surface area contributed by atoms with E-state index in [0.29, 0.717) is 12.4 Å². The van der Waals surface area contributed by atoms with Crippen molar-refractivity contribution in [3.05, 3.63) is 0 Å². The van der Waals surface area contributed by atoms with Crippen LogP contribution in [0.5, 0.6) is 0 Å². The summed E-state index contributed by atoms with van der Waals surface area (Å²) < 4.78 is 0. The molecule has 0 amide bonds. The van der Waals surface area contributed by atoms with Gasteiger partial charge in [-0.2, -0.15) is 0 Å². The lowest BCUT2D eigenvalue weighted by molar-refractivity contribution is 0.148. The normalized spacial score (nSPS) is 23.5. The summed E-state index contributed by atoms with van der Waals surface area (Å²) in [5.74, 6) is 0. The van der Waals surface area contributed by atoms with Gasteiger partial charge in [0.15, 0.2) is 0 Å². The summed E-state index contributed by atoms with van der Waals surface area (Å²) in [4.78, 5) is 2.34. The van der Waals surface area contributed by atoms with Gasteiger partial charge >= 0.3 is 7.12 Å². The molecule has 5 nitrogen and oxygen atoms in total. The Morgan fingerprint density at radius 2 is 2.05 bits per heavy atom. The first-order valence-corrected chi connectivity index (χ1v) is 7.44. The van der Waals surface area contributed by atoms with Gasteiger partial charge in [-0.3, -0.25) is 4.90 Å². The highest BCUT2D eigenvalue weighted by atomic mass is 16.4. The fraction of sp³-hybridized carbons (Fsp3) is 1.00. The number of hydrogen-bond acceptors (Lipinski definition) is 5. The minimum Gasteiger partial charge on any atom is -0.427 e. The molecule has 1 saturated heterocycles. The van der Waals surface area contributed by atoms with Gasteiger partial charge in [-0.25, -0.2) is 0 Å². The van der Waals surface area contributed by atoms with Crippen molar-refractivity contribution in [3.8, 4) is 0 Å². The first kappa shape index (κ1) is 16.9. The van der Waals surface area contributed by atoms with Crippen molar-refractivity contribution in [1.29, 1.82) is 0 Å². The van der Waals surface area contributed by atoms with Crippen molar-refractivity contribution in [1.82, 2.24) is 4.90 Å². The van der Waals surface area contributed by atoms with Crippen LogP contribution in [-0.4, -0.2) is 58.5 Å².